The summed E-state index contributed by atoms with van der Waals surface area (Å²) in [4.78, 5) is 2.45. The normalized spacial score (nSPS) is 11.4. The summed E-state index contributed by atoms with van der Waals surface area (Å²) in [5.41, 5.74) is 19.9. The van der Waals surface area contributed by atoms with Crippen molar-refractivity contribution in [3.05, 3.63) is 188 Å². The Kier molecular flexibility index (Phi) is 8.91. The molecular formula is C52H39B4NO. The maximum absolute atomic E-state index is 6.58. The highest BCUT2D eigenvalue weighted by Gasteiger charge is 2.24. The molecule has 10 rings (SSSR count). The summed E-state index contributed by atoms with van der Waals surface area (Å²) >= 11 is 0. The van der Waals surface area contributed by atoms with E-state index in [1.807, 2.05) is 6.07 Å². The summed E-state index contributed by atoms with van der Waals surface area (Å²) in [7, 11) is 9.09. The highest BCUT2D eigenvalue weighted by atomic mass is 16.3. The number of furan rings is 1. The van der Waals surface area contributed by atoms with E-state index in [4.69, 9.17) is 4.42 Å². The lowest BCUT2D eigenvalue weighted by atomic mass is 9.64. The number of nitrogens with zero attached hydrogens (tertiary/aromatic N) is 1. The third kappa shape index (κ3) is 6.04. The van der Waals surface area contributed by atoms with Gasteiger partial charge in [0.15, 0.2) is 0 Å². The second-order valence-electron chi connectivity index (χ2n) is 15.4. The molecule has 58 heavy (non-hydrogen) atoms. The Labute approximate surface area is 343 Å². The molecule has 0 bridgehead atoms. The van der Waals surface area contributed by atoms with E-state index in [2.05, 4.69) is 218 Å². The molecule has 0 spiro atoms. The van der Waals surface area contributed by atoms with Crippen LogP contribution in [0.15, 0.2) is 192 Å². The zero-order chi connectivity index (χ0) is 39.3. The van der Waals surface area contributed by atoms with Crippen molar-refractivity contribution in [1.29, 1.82) is 0 Å². The van der Waals surface area contributed by atoms with Gasteiger partial charge in [-0.2, -0.15) is 0 Å². The van der Waals surface area contributed by atoms with Crippen LogP contribution < -0.4 is 26.8 Å². The van der Waals surface area contributed by atoms with Crippen molar-refractivity contribution in [3.8, 4) is 44.5 Å². The molecule has 0 unspecified atom stereocenters. The summed E-state index contributed by atoms with van der Waals surface area (Å²) in [5.74, 6) is 0. The molecule has 1 aromatic heterocycles. The van der Waals surface area contributed by atoms with Crippen molar-refractivity contribution < 1.29 is 4.42 Å². The van der Waals surface area contributed by atoms with Crippen LogP contribution in [0, 0.1) is 0 Å². The molecule has 0 saturated carbocycles. The van der Waals surface area contributed by atoms with Crippen molar-refractivity contribution in [2.45, 2.75) is 0 Å². The average Bonchev–Trinajstić information content (AvgIpc) is 3.67. The Morgan fingerprint density at radius 1 is 0.362 bits per heavy atom. The van der Waals surface area contributed by atoms with Gasteiger partial charge in [0, 0.05) is 33.4 Å². The standard InChI is InChI=1S/C52H39B4NO/c53-47-46(44-21-10-20-43-42-18-6-7-22-45(42)58-52(43)44)48(54)50(56)51(49(47)55)57(38-27-23-33(24-28-38)32-11-2-1-3-12-32)39-29-25-34(26-30-39)36-15-8-16-37(31-36)41-19-9-14-35-13-4-5-17-40(35)41/h1-31H,53-56H2. The minimum absolute atomic E-state index is 0.916. The number of hydrogen-bond donors (Lipinski definition) is 0. The predicted octanol–water partition coefficient (Wildman–Crippen LogP) is 7.91. The molecule has 0 amide bonds. The van der Waals surface area contributed by atoms with E-state index >= 15 is 0 Å². The average molecular weight is 737 g/mol. The van der Waals surface area contributed by atoms with Crippen molar-refractivity contribution in [2.75, 3.05) is 4.90 Å². The van der Waals surface area contributed by atoms with Crippen LogP contribution in [0.3, 0.4) is 0 Å². The predicted molar refractivity (Wildman–Crippen MR) is 260 cm³/mol. The van der Waals surface area contributed by atoms with Crippen LogP contribution >= 0.6 is 0 Å². The highest BCUT2D eigenvalue weighted by molar-refractivity contribution is 6.63. The van der Waals surface area contributed by atoms with Gasteiger partial charge in [-0.1, -0.05) is 174 Å². The van der Waals surface area contributed by atoms with Gasteiger partial charge in [0.2, 0.25) is 0 Å². The fraction of sp³-hybridized carbons (Fsp3) is 0. The Bertz CT molecular complexity index is 3120. The summed E-state index contributed by atoms with van der Waals surface area (Å²) in [5, 5.41) is 4.81. The van der Waals surface area contributed by atoms with Gasteiger partial charge >= 0.3 is 0 Å². The van der Waals surface area contributed by atoms with Crippen LogP contribution in [-0.4, -0.2) is 31.4 Å². The number of para-hydroxylation sites is 2. The van der Waals surface area contributed by atoms with Gasteiger partial charge in [-0.15, -0.1) is 0 Å². The van der Waals surface area contributed by atoms with Gasteiger partial charge in [-0.25, -0.2) is 0 Å². The summed E-state index contributed by atoms with van der Waals surface area (Å²) in [6.45, 7) is 0. The Balaban J connectivity index is 1.10. The lowest BCUT2D eigenvalue weighted by molar-refractivity contribution is 0.670. The number of anilines is 3. The van der Waals surface area contributed by atoms with Crippen molar-refractivity contribution in [1.82, 2.24) is 0 Å². The minimum atomic E-state index is 0.916. The van der Waals surface area contributed by atoms with Gasteiger partial charge in [-0.05, 0) is 86.1 Å². The highest BCUT2D eigenvalue weighted by Crippen LogP contribution is 2.38. The van der Waals surface area contributed by atoms with Crippen molar-refractivity contribution >= 4 is 103 Å². The van der Waals surface area contributed by atoms with Crippen LogP contribution in [0.4, 0.5) is 17.1 Å². The van der Waals surface area contributed by atoms with E-state index < -0.39 is 0 Å². The molecule has 0 aliphatic rings. The third-order valence-corrected chi connectivity index (χ3v) is 12.1. The second kappa shape index (κ2) is 14.6. The van der Waals surface area contributed by atoms with Crippen LogP contribution in [0.1, 0.15) is 0 Å². The molecule has 0 saturated heterocycles. The summed E-state index contributed by atoms with van der Waals surface area (Å²) in [6, 6.07) is 67.7. The lowest BCUT2D eigenvalue weighted by Crippen LogP contribution is -2.46. The Morgan fingerprint density at radius 2 is 0.862 bits per heavy atom. The fourth-order valence-electron chi connectivity index (χ4n) is 8.96. The molecule has 10 aromatic rings. The molecule has 270 valence electrons. The van der Waals surface area contributed by atoms with Crippen LogP contribution in [0.2, 0.25) is 0 Å². The van der Waals surface area contributed by atoms with Gasteiger partial charge in [0.05, 0.1) is 0 Å². The number of benzene rings is 9. The molecule has 1 heterocycles. The number of hydrogen-bond acceptors (Lipinski definition) is 2. The maximum Gasteiger partial charge on any atom is 0.143 e. The Hall–Kier alpha value is -6.90. The zero-order valence-corrected chi connectivity index (χ0v) is 33.3. The van der Waals surface area contributed by atoms with E-state index in [9.17, 15) is 0 Å². The topological polar surface area (TPSA) is 16.4 Å². The first-order chi connectivity index (χ1) is 28.4. The zero-order valence-electron chi connectivity index (χ0n) is 33.3. The summed E-state index contributed by atoms with van der Waals surface area (Å²) in [6.07, 6.45) is 0. The molecule has 0 atom stereocenters. The van der Waals surface area contributed by atoms with E-state index in [1.54, 1.807) is 0 Å². The molecule has 0 aliphatic carbocycles. The monoisotopic (exact) mass is 737 g/mol. The maximum atomic E-state index is 6.58. The van der Waals surface area contributed by atoms with E-state index in [1.165, 1.54) is 77.3 Å². The molecule has 0 N–H and O–H groups in total. The molecule has 6 heteroatoms. The fourth-order valence-corrected chi connectivity index (χ4v) is 8.96. The first-order valence-corrected chi connectivity index (χ1v) is 20.1. The van der Waals surface area contributed by atoms with E-state index in [-0.39, 0.29) is 0 Å². The number of fused-ring (bicyclic) bond motifs is 4. The quantitative estimate of drug-likeness (QED) is 0.155. The van der Waals surface area contributed by atoms with E-state index in [0.717, 1.165) is 38.9 Å². The Morgan fingerprint density at radius 3 is 1.59 bits per heavy atom. The summed E-state index contributed by atoms with van der Waals surface area (Å²) < 4.78 is 6.58. The molecule has 0 fully saturated rings. The number of rotatable bonds is 7. The van der Waals surface area contributed by atoms with Crippen LogP contribution in [0.25, 0.3) is 77.2 Å². The molecule has 2 nitrogen and oxygen atoms in total. The van der Waals surface area contributed by atoms with Gasteiger partial charge in [-0.3, -0.25) is 0 Å². The van der Waals surface area contributed by atoms with Crippen molar-refractivity contribution in [3.63, 3.8) is 0 Å². The van der Waals surface area contributed by atoms with Crippen molar-refractivity contribution in [2.24, 2.45) is 0 Å². The third-order valence-electron chi connectivity index (χ3n) is 12.1. The SMILES string of the molecule is Bc1c(B)c(N(c2ccc(-c3ccccc3)cc2)c2ccc(-c3cccc(-c4cccc5ccccc45)c3)cc2)c(B)c(B)c1-c1cccc2c1oc1ccccc12. The molecule has 9 aromatic carbocycles. The first kappa shape index (κ1) is 35.5. The molecular weight excluding hydrogens is 698 g/mol. The smallest absolute Gasteiger partial charge is 0.143 e. The van der Waals surface area contributed by atoms with Gasteiger partial charge < -0.3 is 9.32 Å². The van der Waals surface area contributed by atoms with Crippen LogP contribution in [-0.2, 0) is 0 Å². The largest absolute Gasteiger partial charge is 0.455 e. The van der Waals surface area contributed by atoms with Gasteiger partial charge in [0.1, 0.15) is 42.6 Å². The lowest BCUT2D eigenvalue weighted by Gasteiger charge is -2.32. The first-order valence-electron chi connectivity index (χ1n) is 20.1. The molecule has 0 radical (unpaired) electrons. The second-order valence-corrected chi connectivity index (χ2v) is 15.4. The van der Waals surface area contributed by atoms with E-state index in [0.29, 0.717) is 0 Å². The van der Waals surface area contributed by atoms with Crippen LogP contribution in [0.5, 0.6) is 0 Å². The molecule has 0 aliphatic heterocycles. The van der Waals surface area contributed by atoms with Gasteiger partial charge in [0.25, 0.3) is 0 Å². The minimum Gasteiger partial charge on any atom is -0.455 e.